The quantitative estimate of drug-likeness (QED) is 0.166. The lowest BCUT2D eigenvalue weighted by Gasteiger charge is -2.11. The lowest BCUT2D eigenvalue weighted by atomic mass is 9.93. The van der Waals surface area contributed by atoms with Gasteiger partial charge in [-0.3, -0.25) is 0 Å². The van der Waals surface area contributed by atoms with Crippen molar-refractivity contribution in [3.05, 3.63) is 200 Å². The fourth-order valence-corrected chi connectivity index (χ4v) is 7.42. The molecule has 0 aliphatic rings. The number of nitrogens with zero attached hydrogens (tertiary/aromatic N) is 3. The second-order valence-electron chi connectivity index (χ2n) is 13.6. The summed E-state index contributed by atoms with van der Waals surface area (Å²) in [4.78, 5) is 15.3. The smallest absolute Gasteiger partial charge is 0.160 e. The van der Waals surface area contributed by atoms with Crippen LogP contribution in [0, 0.1) is 0 Å². The van der Waals surface area contributed by atoms with Gasteiger partial charge in [0.2, 0.25) is 0 Å². The lowest BCUT2D eigenvalue weighted by molar-refractivity contribution is 0.636. The Morgan fingerprint density at radius 3 is 1.53 bits per heavy atom. The van der Waals surface area contributed by atoms with E-state index in [2.05, 4.69) is 140 Å². The number of benzene rings is 7. The maximum atomic E-state index is 6.91. The monoisotopic (exact) mass is 703 g/mol. The van der Waals surface area contributed by atoms with Crippen LogP contribution < -0.4 is 0 Å². The molecular formula is C51H33N3O. The van der Waals surface area contributed by atoms with Crippen LogP contribution in [0.5, 0.6) is 0 Å². The molecule has 0 saturated heterocycles. The normalized spacial score (nSPS) is 11.3. The summed E-state index contributed by atoms with van der Waals surface area (Å²) in [5.74, 6) is 1.54. The molecule has 0 radical (unpaired) electrons. The average molecular weight is 704 g/mol. The molecular weight excluding hydrogens is 671 g/mol. The Balaban J connectivity index is 1.10. The third kappa shape index (κ3) is 6.06. The number of fused-ring (bicyclic) bond motifs is 3. The van der Waals surface area contributed by atoms with Crippen LogP contribution in [0.1, 0.15) is 0 Å². The highest BCUT2D eigenvalue weighted by atomic mass is 16.3. The minimum absolute atomic E-state index is 0.701. The molecule has 0 aliphatic heterocycles. The highest BCUT2D eigenvalue weighted by Crippen LogP contribution is 2.47. The molecule has 55 heavy (non-hydrogen) atoms. The Hall–Kier alpha value is -7.43. The summed E-state index contributed by atoms with van der Waals surface area (Å²) >= 11 is 0. The van der Waals surface area contributed by atoms with Crippen LogP contribution in [0.3, 0.4) is 0 Å². The molecule has 0 aliphatic carbocycles. The topological polar surface area (TPSA) is 51.8 Å². The van der Waals surface area contributed by atoms with Gasteiger partial charge in [-0.15, -0.1) is 0 Å². The van der Waals surface area contributed by atoms with Gasteiger partial charge in [-0.2, -0.15) is 0 Å². The molecule has 0 unspecified atom stereocenters. The molecule has 0 bridgehead atoms. The zero-order valence-corrected chi connectivity index (χ0v) is 29.8. The van der Waals surface area contributed by atoms with E-state index in [4.69, 9.17) is 19.4 Å². The van der Waals surface area contributed by atoms with Crippen LogP contribution in [-0.2, 0) is 0 Å². The van der Waals surface area contributed by atoms with Crippen molar-refractivity contribution in [1.82, 2.24) is 15.0 Å². The molecule has 0 saturated carbocycles. The Morgan fingerprint density at radius 1 is 0.345 bits per heavy atom. The summed E-state index contributed by atoms with van der Waals surface area (Å²) in [6, 6.07) is 68.9. The van der Waals surface area contributed by atoms with Gasteiger partial charge in [0.05, 0.1) is 28.0 Å². The zero-order valence-electron chi connectivity index (χ0n) is 29.8. The lowest BCUT2D eigenvalue weighted by Crippen LogP contribution is -1.95. The van der Waals surface area contributed by atoms with Gasteiger partial charge in [0.25, 0.3) is 0 Å². The molecule has 3 aromatic heterocycles. The first-order valence-corrected chi connectivity index (χ1v) is 18.4. The first kappa shape index (κ1) is 32.2. The van der Waals surface area contributed by atoms with Gasteiger partial charge in [-0.25, -0.2) is 15.0 Å². The van der Waals surface area contributed by atoms with Gasteiger partial charge >= 0.3 is 0 Å². The van der Waals surface area contributed by atoms with Crippen LogP contribution in [0.15, 0.2) is 205 Å². The third-order valence-corrected chi connectivity index (χ3v) is 10.1. The molecule has 0 spiro atoms. The largest absolute Gasteiger partial charge is 0.455 e. The van der Waals surface area contributed by atoms with E-state index in [0.29, 0.717) is 5.82 Å². The predicted molar refractivity (Wildman–Crippen MR) is 225 cm³/mol. The van der Waals surface area contributed by atoms with Crippen LogP contribution >= 0.6 is 0 Å². The van der Waals surface area contributed by atoms with Crippen molar-refractivity contribution in [2.75, 3.05) is 0 Å². The van der Waals surface area contributed by atoms with Crippen LogP contribution in [-0.4, -0.2) is 15.0 Å². The van der Waals surface area contributed by atoms with Crippen LogP contribution in [0.4, 0.5) is 0 Å². The van der Waals surface area contributed by atoms with Crippen molar-refractivity contribution in [2.45, 2.75) is 0 Å². The second-order valence-corrected chi connectivity index (χ2v) is 13.6. The number of pyridine rings is 1. The zero-order chi connectivity index (χ0) is 36.6. The van der Waals surface area contributed by atoms with Crippen molar-refractivity contribution in [3.8, 4) is 78.7 Å². The van der Waals surface area contributed by atoms with E-state index < -0.39 is 0 Å². The van der Waals surface area contributed by atoms with Crippen LogP contribution in [0.25, 0.3) is 101 Å². The molecule has 3 heterocycles. The molecule has 10 aromatic rings. The van der Waals surface area contributed by atoms with Gasteiger partial charge in [-0.1, -0.05) is 176 Å². The number of hydrogen-bond acceptors (Lipinski definition) is 4. The van der Waals surface area contributed by atoms with E-state index in [1.165, 1.54) is 0 Å². The van der Waals surface area contributed by atoms with Crippen molar-refractivity contribution < 1.29 is 4.42 Å². The van der Waals surface area contributed by atoms with Gasteiger partial charge in [-0.05, 0) is 41.0 Å². The number of furan rings is 1. The highest BCUT2D eigenvalue weighted by Gasteiger charge is 2.24. The molecule has 4 heteroatoms. The van der Waals surface area contributed by atoms with Crippen molar-refractivity contribution in [1.29, 1.82) is 0 Å². The molecule has 7 aromatic carbocycles. The SMILES string of the molecule is c1ccc(-c2cc(-c3ccc(-c4cccc(-c5nc6ccccc6c6oc(-c7ccccc7)c(-c7ccccc7)c56)c4)cc3)nc(-c3ccccc3)n2)cc1. The first-order chi connectivity index (χ1) is 27.3. The Labute approximate surface area is 319 Å². The van der Waals surface area contributed by atoms with E-state index in [9.17, 15) is 0 Å². The van der Waals surface area contributed by atoms with Crippen molar-refractivity contribution in [2.24, 2.45) is 0 Å². The molecule has 10 rings (SSSR count). The predicted octanol–water partition coefficient (Wildman–Crippen LogP) is 13.4. The maximum absolute atomic E-state index is 6.91. The Bertz CT molecular complexity index is 2880. The molecule has 0 atom stereocenters. The summed E-state index contributed by atoms with van der Waals surface area (Å²) in [7, 11) is 0. The van der Waals surface area contributed by atoms with E-state index in [1.54, 1.807) is 0 Å². The van der Waals surface area contributed by atoms with E-state index in [0.717, 1.165) is 94.8 Å². The molecule has 0 amide bonds. The summed E-state index contributed by atoms with van der Waals surface area (Å²) in [5.41, 5.74) is 13.8. The van der Waals surface area contributed by atoms with Crippen molar-refractivity contribution >= 4 is 21.9 Å². The number of para-hydroxylation sites is 1. The maximum Gasteiger partial charge on any atom is 0.160 e. The van der Waals surface area contributed by atoms with Gasteiger partial charge in [0, 0.05) is 38.8 Å². The number of hydrogen-bond donors (Lipinski definition) is 0. The molecule has 258 valence electrons. The average Bonchev–Trinajstić information content (AvgIpc) is 3.69. The summed E-state index contributed by atoms with van der Waals surface area (Å²) in [6.45, 7) is 0. The third-order valence-electron chi connectivity index (χ3n) is 10.1. The second kappa shape index (κ2) is 13.8. The summed E-state index contributed by atoms with van der Waals surface area (Å²) in [5, 5.41) is 1.99. The Kier molecular flexibility index (Phi) is 8.12. The molecule has 0 N–H and O–H groups in total. The molecule has 4 nitrogen and oxygen atoms in total. The fraction of sp³-hybridized carbons (Fsp3) is 0. The van der Waals surface area contributed by atoms with E-state index in [1.807, 2.05) is 60.7 Å². The first-order valence-electron chi connectivity index (χ1n) is 18.4. The van der Waals surface area contributed by atoms with E-state index >= 15 is 0 Å². The van der Waals surface area contributed by atoms with Gasteiger partial charge in [0.1, 0.15) is 11.3 Å². The minimum atomic E-state index is 0.701. The standard InChI is InChI=1S/C51H33N3O/c1-5-16-35(17-6-1)44-33-45(54-51(53-44)39-22-11-4-12-23-39)36-30-28-34(29-31-36)40-24-15-25-41(32-40)48-47-46(37-18-7-2-8-19-37)49(38-20-9-3-10-21-38)55-50(47)42-26-13-14-27-43(42)52-48/h1-33H. The highest BCUT2D eigenvalue weighted by molar-refractivity contribution is 6.16. The van der Waals surface area contributed by atoms with Crippen LogP contribution in [0.2, 0.25) is 0 Å². The minimum Gasteiger partial charge on any atom is -0.455 e. The number of aromatic nitrogens is 3. The van der Waals surface area contributed by atoms with Crippen molar-refractivity contribution in [3.63, 3.8) is 0 Å². The fourth-order valence-electron chi connectivity index (χ4n) is 7.42. The summed E-state index contributed by atoms with van der Waals surface area (Å²) < 4.78 is 6.91. The van der Waals surface area contributed by atoms with Gasteiger partial charge in [0.15, 0.2) is 5.82 Å². The van der Waals surface area contributed by atoms with Gasteiger partial charge < -0.3 is 4.42 Å². The molecule has 0 fully saturated rings. The summed E-state index contributed by atoms with van der Waals surface area (Å²) in [6.07, 6.45) is 0. The Morgan fingerprint density at radius 2 is 0.855 bits per heavy atom. The van der Waals surface area contributed by atoms with E-state index in [-0.39, 0.29) is 0 Å². The number of rotatable bonds is 7.